The molecule has 22 heavy (non-hydrogen) atoms. The fraction of sp³-hybridized carbons (Fsp3) is 0.133. The fourth-order valence-corrected chi connectivity index (χ4v) is 2.78. The van der Waals surface area contributed by atoms with Crippen molar-refractivity contribution in [2.45, 2.75) is 6.92 Å². The molecule has 1 aromatic carbocycles. The third-order valence-electron chi connectivity index (χ3n) is 3.02. The van der Waals surface area contributed by atoms with Crippen molar-refractivity contribution in [1.29, 1.82) is 0 Å². The van der Waals surface area contributed by atoms with E-state index in [4.69, 9.17) is 0 Å². The van der Waals surface area contributed by atoms with Gasteiger partial charge in [-0.25, -0.2) is 4.98 Å². The van der Waals surface area contributed by atoms with Gasteiger partial charge in [-0.3, -0.25) is 14.9 Å². The van der Waals surface area contributed by atoms with Gasteiger partial charge < -0.3 is 10.3 Å². The molecule has 0 saturated heterocycles. The molecule has 112 valence electrons. The molecule has 6 nitrogen and oxygen atoms in total. The molecule has 0 spiro atoms. The number of carbonyl (C=O) groups excluding carboxylic acids is 2. The number of aromatic nitrogens is 2. The molecule has 0 aliphatic rings. The van der Waals surface area contributed by atoms with Crippen LogP contribution in [0.1, 0.15) is 14.5 Å². The summed E-state index contributed by atoms with van der Waals surface area (Å²) in [7, 11) is 0. The Bertz CT molecular complexity index is 804. The standard InChI is InChI=1S/C15H14N4O2S/c1-9-6-7-12(22-9)14(21)16-8-13(20)19-15-17-10-4-2-3-5-11(10)18-15/h2-7H,8H2,1H3,(H,16,21)(H2,17,18,19,20). The van der Waals surface area contributed by atoms with Crippen molar-refractivity contribution in [3.63, 3.8) is 0 Å². The number of hydrogen-bond acceptors (Lipinski definition) is 4. The van der Waals surface area contributed by atoms with Gasteiger partial charge >= 0.3 is 0 Å². The second-order valence-electron chi connectivity index (χ2n) is 4.74. The number of para-hydroxylation sites is 2. The summed E-state index contributed by atoms with van der Waals surface area (Å²) in [6.07, 6.45) is 0. The van der Waals surface area contributed by atoms with Crippen LogP contribution in [-0.4, -0.2) is 28.3 Å². The minimum atomic E-state index is -0.333. The molecule has 2 heterocycles. The van der Waals surface area contributed by atoms with E-state index in [1.165, 1.54) is 11.3 Å². The van der Waals surface area contributed by atoms with E-state index in [1.54, 1.807) is 6.07 Å². The van der Waals surface area contributed by atoms with Gasteiger partial charge in [0.05, 0.1) is 22.5 Å². The lowest BCUT2D eigenvalue weighted by Crippen LogP contribution is -2.32. The number of anilines is 1. The third-order valence-corrected chi connectivity index (χ3v) is 4.02. The molecule has 0 aliphatic heterocycles. The molecule has 0 aliphatic carbocycles. The number of imidazole rings is 1. The van der Waals surface area contributed by atoms with Crippen LogP contribution in [0.2, 0.25) is 0 Å². The van der Waals surface area contributed by atoms with Crippen LogP contribution in [0, 0.1) is 6.92 Å². The summed E-state index contributed by atoms with van der Waals surface area (Å²) in [4.78, 5) is 32.6. The van der Waals surface area contributed by atoms with Crippen LogP contribution in [0.5, 0.6) is 0 Å². The number of nitrogens with zero attached hydrogens (tertiary/aromatic N) is 1. The van der Waals surface area contributed by atoms with Crippen molar-refractivity contribution in [1.82, 2.24) is 15.3 Å². The minimum absolute atomic E-state index is 0.104. The van der Waals surface area contributed by atoms with E-state index in [2.05, 4.69) is 20.6 Å². The highest BCUT2D eigenvalue weighted by Crippen LogP contribution is 2.15. The van der Waals surface area contributed by atoms with Gasteiger partial charge in [0.2, 0.25) is 11.9 Å². The van der Waals surface area contributed by atoms with Crippen molar-refractivity contribution in [2.75, 3.05) is 11.9 Å². The lowest BCUT2D eigenvalue weighted by molar-refractivity contribution is -0.115. The highest BCUT2D eigenvalue weighted by molar-refractivity contribution is 7.13. The van der Waals surface area contributed by atoms with E-state index in [0.29, 0.717) is 10.8 Å². The molecule has 7 heteroatoms. The molecule has 3 rings (SSSR count). The van der Waals surface area contributed by atoms with Crippen molar-refractivity contribution < 1.29 is 9.59 Å². The normalized spacial score (nSPS) is 10.6. The Kier molecular flexibility index (Phi) is 3.88. The Morgan fingerprint density at radius 2 is 2.05 bits per heavy atom. The summed E-state index contributed by atoms with van der Waals surface area (Å²) >= 11 is 1.39. The first-order valence-corrected chi connectivity index (χ1v) is 7.53. The van der Waals surface area contributed by atoms with Gasteiger partial charge in [0, 0.05) is 4.88 Å². The Hall–Kier alpha value is -2.67. The van der Waals surface area contributed by atoms with Gasteiger partial charge in [-0.1, -0.05) is 12.1 Å². The van der Waals surface area contributed by atoms with Crippen LogP contribution in [0.15, 0.2) is 36.4 Å². The Morgan fingerprint density at radius 1 is 1.23 bits per heavy atom. The van der Waals surface area contributed by atoms with E-state index >= 15 is 0 Å². The second-order valence-corrected chi connectivity index (χ2v) is 6.03. The summed E-state index contributed by atoms with van der Waals surface area (Å²) in [6, 6.07) is 11.1. The molecule has 2 aromatic heterocycles. The van der Waals surface area contributed by atoms with Gasteiger partial charge in [-0.15, -0.1) is 11.3 Å². The number of nitrogens with one attached hydrogen (secondary N) is 3. The zero-order valence-electron chi connectivity index (χ0n) is 11.8. The maximum atomic E-state index is 11.9. The largest absolute Gasteiger partial charge is 0.342 e. The molecule has 2 amide bonds. The van der Waals surface area contributed by atoms with Crippen LogP contribution >= 0.6 is 11.3 Å². The number of aromatic amines is 1. The Labute approximate surface area is 130 Å². The van der Waals surface area contributed by atoms with Gasteiger partial charge in [-0.05, 0) is 31.2 Å². The molecule has 3 N–H and O–H groups in total. The molecule has 0 atom stereocenters. The van der Waals surface area contributed by atoms with Crippen LogP contribution in [0.4, 0.5) is 5.95 Å². The number of carbonyl (C=O) groups is 2. The number of H-pyrrole nitrogens is 1. The zero-order chi connectivity index (χ0) is 15.5. The van der Waals surface area contributed by atoms with Crippen LogP contribution < -0.4 is 10.6 Å². The van der Waals surface area contributed by atoms with Crippen LogP contribution in [-0.2, 0) is 4.79 Å². The molecule has 0 radical (unpaired) electrons. The quantitative estimate of drug-likeness (QED) is 0.690. The highest BCUT2D eigenvalue weighted by Gasteiger charge is 2.11. The van der Waals surface area contributed by atoms with Gasteiger partial charge in [0.25, 0.3) is 5.91 Å². The average molecular weight is 314 g/mol. The van der Waals surface area contributed by atoms with Crippen molar-refractivity contribution >= 4 is 40.1 Å². The van der Waals surface area contributed by atoms with E-state index in [-0.39, 0.29) is 18.4 Å². The summed E-state index contributed by atoms with van der Waals surface area (Å²) in [5.41, 5.74) is 1.62. The van der Waals surface area contributed by atoms with Gasteiger partial charge in [0.15, 0.2) is 0 Å². The summed E-state index contributed by atoms with van der Waals surface area (Å²) < 4.78 is 0. The third kappa shape index (κ3) is 3.15. The van der Waals surface area contributed by atoms with E-state index in [0.717, 1.165) is 15.9 Å². The lowest BCUT2D eigenvalue weighted by atomic mass is 10.3. The topological polar surface area (TPSA) is 86.9 Å². The molecule has 0 fully saturated rings. The van der Waals surface area contributed by atoms with Crippen LogP contribution in [0.3, 0.4) is 0 Å². The molecular weight excluding hydrogens is 300 g/mol. The van der Waals surface area contributed by atoms with Crippen LogP contribution in [0.25, 0.3) is 11.0 Å². The molecule has 0 unspecified atom stereocenters. The second kappa shape index (κ2) is 5.98. The number of rotatable bonds is 4. The first-order chi connectivity index (χ1) is 10.6. The highest BCUT2D eigenvalue weighted by atomic mass is 32.1. The smallest absolute Gasteiger partial charge is 0.261 e. The van der Waals surface area contributed by atoms with E-state index in [1.807, 2.05) is 37.3 Å². The predicted molar refractivity (Wildman–Crippen MR) is 86.1 cm³/mol. The van der Waals surface area contributed by atoms with E-state index < -0.39 is 0 Å². The van der Waals surface area contributed by atoms with Crippen molar-refractivity contribution in [3.05, 3.63) is 46.2 Å². The van der Waals surface area contributed by atoms with Gasteiger partial charge in [0.1, 0.15) is 0 Å². The van der Waals surface area contributed by atoms with E-state index in [9.17, 15) is 9.59 Å². The predicted octanol–water partition coefficient (Wildman–Crippen LogP) is 2.30. The lowest BCUT2D eigenvalue weighted by Gasteiger charge is -2.03. The monoisotopic (exact) mass is 314 g/mol. The Balaban J connectivity index is 1.57. The van der Waals surface area contributed by atoms with Crippen molar-refractivity contribution in [2.24, 2.45) is 0 Å². The first kappa shape index (κ1) is 14.3. The summed E-state index contributed by atoms with van der Waals surface area (Å²) in [5.74, 6) is -0.217. The molecule has 0 bridgehead atoms. The molecule has 3 aromatic rings. The number of fused-ring (bicyclic) bond motifs is 1. The number of benzene rings is 1. The Morgan fingerprint density at radius 3 is 2.77 bits per heavy atom. The average Bonchev–Trinajstić information content (AvgIpc) is 3.10. The van der Waals surface area contributed by atoms with Gasteiger partial charge in [-0.2, -0.15) is 0 Å². The number of amides is 2. The summed E-state index contributed by atoms with van der Waals surface area (Å²) in [6.45, 7) is 1.82. The number of hydrogen-bond donors (Lipinski definition) is 3. The molecular formula is C15H14N4O2S. The zero-order valence-corrected chi connectivity index (χ0v) is 12.7. The fourth-order valence-electron chi connectivity index (χ4n) is 1.99. The molecule has 0 saturated carbocycles. The maximum absolute atomic E-state index is 11.9. The minimum Gasteiger partial charge on any atom is -0.342 e. The maximum Gasteiger partial charge on any atom is 0.261 e. The number of thiophene rings is 1. The SMILES string of the molecule is Cc1ccc(C(=O)NCC(=O)Nc2nc3ccccc3[nH]2)s1. The van der Waals surface area contributed by atoms with Crippen molar-refractivity contribution in [3.8, 4) is 0 Å². The summed E-state index contributed by atoms with van der Waals surface area (Å²) in [5, 5.41) is 5.21. The first-order valence-electron chi connectivity index (χ1n) is 6.71. The number of aryl methyl sites for hydroxylation is 1.